The minimum atomic E-state index is -1.97. The summed E-state index contributed by atoms with van der Waals surface area (Å²) in [5.74, 6) is 0. The second-order valence-electron chi connectivity index (χ2n) is 5.56. The van der Waals surface area contributed by atoms with Crippen LogP contribution >= 0.6 is 57.5 Å². The highest BCUT2D eigenvalue weighted by Gasteiger charge is 2.25. The number of halogens is 5. The fourth-order valence-electron chi connectivity index (χ4n) is 2.07. The molecule has 138 valence electrons. The number of hydrogen-bond donors (Lipinski definition) is 0. The van der Waals surface area contributed by atoms with Crippen molar-refractivity contribution in [1.29, 1.82) is 0 Å². The maximum absolute atomic E-state index is 11.0. The van der Waals surface area contributed by atoms with Crippen LogP contribution in [-0.2, 0) is 0 Å². The van der Waals surface area contributed by atoms with Gasteiger partial charge < -0.3 is 0 Å². The zero-order valence-corrected chi connectivity index (χ0v) is 19.7. The molecule has 0 saturated carbocycles. The van der Waals surface area contributed by atoms with Crippen LogP contribution in [0, 0.1) is 0 Å². The molecule has 2 radical (unpaired) electrons. The van der Waals surface area contributed by atoms with E-state index in [9.17, 15) is 9.59 Å². The van der Waals surface area contributed by atoms with Crippen LogP contribution in [0.15, 0.2) is 48.5 Å². The molecule has 0 aliphatic heterocycles. The van der Waals surface area contributed by atoms with E-state index in [4.69, 9.17) is 57.5 Å². The standard InChI is InChI=1S/C9H10Cl2OSi.C8H5Cl3OSi/c1-13(2,11)8-6-4-3-5-7(8)9(10)12;9-7(12)5-3-1-2-4-6(5)13-8(10)11/h3-6H,1-2H3;1-4,8H. The molecular formula is C17H15Cl5O2Si2. The quantitative estimate of drug-likeness (QED) is 0.263. The molecule has 0 saturated heterocycles. The van der Waals surface area contributed by atoms with E-state index < -0.39 is 22.3 Å². The van der Waals surface area contributed by atoms with Gasteiger partial charge in [-0.15, -0.1) is 23.2 Å². The summed E-state index contributed by atoms with van der Waals surface area (Å²) in [5, 5.41) is 0.795. The van der Waals surface area contributed by atoms with Gasteiger partial charge in [-0.25, -0.2) is 0 Å². The van der Waals surface area contributed by atoms with E-state index in [-0.39, 0.29) is 9.52 Å². The molecule has 9 heteroatoms. The van der Waals surface area contributed by atoms with Crippen LogP contribution in [0.3, 0.4) is 0 Å². The van der Waals surface area contributed by atoms with E-state index >= 15 is 0 Å². The summed E-state index contributed by atoms with van der Waals surface area (Å²) in [5.41, 5.74) is 1.02. The van der Waals surface area contributed by atoms with Gasteiger partial charge in [0.15, 0.2) is 7.38 Å². The second-order valence-corrected chi connectivity index (χ2v) is 15.8. The lowest BCUT2D eigenvalue weighted by atomic mass is 10.2. The average molecular weight is 485 g/mol. The van der Waals surface area contributed by atoms with Gasteiger partial charge in [-0.05, 0) is 33.6 Å². The van der Waals surface area contributed by atoms with Crippen molar-refractivity contribution in [3.05, 3.63) is 59.7 Å². The van der Waals surface area contributed by atoms with Crippen molar-refractivity contribution in [3.63, 3.8) is 0 Å². The van der Waals surface area contributed by atoms with Gasteiger partial charge in [0.2, 0.25) is 0 Å². The van der Waals surface area contributed by atoms with E-state index in [1.807, 2.05) is 31.3 Å². The summed E-state index contributed by atoms with van der Waals surface area (Å²) in [4.78, 5) is 22.0. The normalized spacial score (nSPS) is 10.9. The summed E-state index contributed by atoms with van der Waals surface area (Å²) in [6, 6.07) is 14.3. The van der Waals surface area contributed by atoms with Gasteiger partial charge in [0.05, 0.1) is 4.46 Å². The molecule has 2 nitrogen and oxygen atoms in total. The fraction of sp³-hybridized carbons (Fsp3) is 0.176. The molecule has 2 aromatic rings. The van der Waals surface area contributed by atoms with Crippen LogP contribution < -0.4 is 10.4 Å². The van der Waals surface area contributed by atoms with Gasteiger partial charge in [0.1, 0.15) is 9.52 Å². The number of carbonyl (C=O) groups excluding carboxylic acids is 2. The Balaban J connectivity index is 0.000000260. The minimum Gasteiger partial charge on any atom is -0.276 e. The smallest absolute Gasteiger partial charge is 0.252 e. The molecule has 2 aromatic carbocycles. The van der Waals surface area contributed by atoms with Gasteiger partial charge in [-0.3, -0.25) is 9.59 Å². The molecule has 0 atom stereocenters. The van der Waals surface area contributed by atoms with Crippen molar-refractivity contribution in [2.24, 2.45) is 0 Å². The Hall–Kier alpha value is -0.336. The van der Waals surface area contributed by atoms with Crippen LogP contribution in [0.2, 0.25) is 13.1 Å². The van der Waals surface area contributed by atoms with Crippen molar-refractivity contribution in [2.75, 3.05) is 0 Å². The molecule has 0 fully saturated rings. The van der Waals surface area contributed by atoms with Gasteiger partial charge in [-0.2, -0.15) is 11.1 Å². The van der Waals surface area contributed by atoms with Gasteiger partial charge in [0, 0.05) is 11.1 Å². The molecule has 0 heterocycles. The van der Waals surface area contributed by atoms with E-state index in [1.165, 1.54) is 0 Å². The molecule has 0 N–H and O–H groups in total. The predicted molar refractivity (Wildman–Crippen MR) is 117 cm³/mol. The van der Waals surface area contributed by atoms with Crippen molar-refractivity contribution in [2.45, 2.75) is 17.6 Å². The zero-order chi connectivity index (χ0) is 19.9. The Labute approximate surface area is 181 Å². The van der Waals surface area contributed by atoms with Gasteiger partial charge >= 0.3 is 0 Å². The number of carbonyl (C=O) groups is 2. The summed E-state index contributed by atoms with van der Waals surface area (Å²) in [6.45, 7) is 3.93. The van der Waals surface area contributed by atoms with Crippen LogP contribution in [0.1, 0.15) is 20.7 Å². The largest absolute Gasteiger partial charge is 0.276 e. The number of hydrogen-bond acceptors (Lipinski definition) is 2. The third-order valence-corrected chi connectivity index (χ3v) is 7.54. The lowest BCUT2D eigenvalue weighted by molar-refractivity contribution is 0.107. The Morgan fingerprint density at radius 3 is 1.77 bits per heavy atom. The van der Waals surface area contributed by atoms with E-state index in [0.717, 1.165) is 10.4 Å². The molecule has 0 spiro atoms. The average Bonchev–Trinajstić information content (AvgIpc) is 2.54. The molecule has 0 unspecified atom stereocenters. The predicted octanol–water partition coefficient (Wildman–Crippen LogP) is 4.87. The Bertz CT molecular complexity index is 776. The van der Waals surface area contributed by atoms with Gasteiger partial charge in [0.25, 0.3) is 10.5 Å². The molecule has 0 aromatic heterocycles. The SMILES string of the molecule is C[Si](C)(Cl)c1ccccc1C(=O)Cl.O=C(Cl)c1ccccc1[Si]C(Cl)Cl. The van der Waals surface area contributed by atoms with Crippen LogP contribution in [0.25, 0.3) is 0 Å². The lowest BCUT2D eigenvalue weighted by Gasteiger charge is -2.15. The first-order chi connectivity index (χ1) is 12.0. The highest BCUT2D eigenvalue weighted by molar-refractivity contribution is 7.26. The molecule has 0 amide bonds. The highest BCUT2D eigenvalue weighted by Crippen LogP contribution is 2.13. The van der Waals surface area contributed by atoms with Crippen molar-refractivity contribution in [1.82, 2.24) is 0 Å². The molecule has 2 rings (SSSR count). The molecule has 0 aliphatic rings. The van der Waals surface area contributed by atoms with Crippen LogP contribution in [-0.4, -0.2) is 31.8 Å². The third kappa shape index (κ3) is 7.73. The molecule has 0 aliphatic carbocycles. The van der Waals surface area contributed by atoms with Crippen molar-refractivity contribution >= 4 is 95.2 Å². The van der Waals surface area contributed by atoms with Gasteiger partial charge in [-0.1, -0.05) is 61.6 Å². The first-order valence-electron chi connectivity index (χ1n) is 7.36. The summed E-state index contributed by atoms with van der Waals surface area (Å²) in [7, 11) is -1.80. The Morgan fingerprint density at radius 2 is 1.35 bits per heavy atom. The molecule has 26 heavy (non-hydrogen) atoms. The van der Waals surface area contributed by atoms with Crippen molar-refractivity contribution < 1.29 is 9.59 Å². The fourth-order valence-corrected chi connectivity index (χ4v) is 5.87. The molecule has 0 bridgehead atoms. The number of alkyl halides is 2. The lowest BCUT2D eigenvalue weighted by Crippen LogP contribution is -2.38. The summed E-state index contributed by atoms with van der Waals surface area (Å²) < 4.78 is -0.489. The minimum absolute atomic E-state index is 0.178. The highest BCUT2D eigenvalue weighted by atomic mass is 35.6. The van der Waals surface area contributed by atoms with Crippen molar-refractivity contribution in [3.8, 4) is 0 Å². The Morgan fingerprint density at radius 1 is 0.885 bits per heavy atom. The summed E-state index contributed by atoms with van der Waals surface area (Å²) >= 11 is 28.3. The monoisotopic (exact) mass is 482 g/mol. The van der Waals surface area contributed by atoms with Crippen LogP contribution in [0.5, 0.6) is 0 Å². The third-order valence-electron chi connectivity index (χ3n) is 3.18. The van der Waals surface area contributed by atoms with E-state index in [0.29, 0.717) is 11.1 Å². The first-order valence-corrected chi connectivity index (χ1v) is 14.1. The van der Waals surface area contributed by atoms with E-state index in [1.54, 1.807) is 30.3 Å². The molecular weight excluding hydrogens is 470 g/mol. The maximum atomic E-state index is 11.0. The number of rotatable bonds is 5. The first kappa shape index (κ1) is 23.7. The second kappa shape index (κ2) is 10.9. The number of benzene rings is 2. The van der Waals surface area contributed by atoms with Crippen LogP contribution in [0.4, 0.5) is 0 Å². The maximum Gasteiger partial charge on any atom is 0.252 e. The van der Waals surface area contributed by atoms with E-state index in [2.05, 4.69) is 0 Å². The zero-order valence-electron chi connectivity index (χ0n) is 13.9. The topological polar surface area (TPSA) is 34.1 Å². The summed E-state index contributed by atoms with van der Waals surface area (Å²) in [6.07, 6.45) is 0. The Kier molecular flexibility index (Phi) is 9.90.